The highest BCUT2D eigenvalue weighted by Crippen LogP contribution is 2.26. The van der Waals surface area contributed by atoms with E-state index in [9.17, 15) is 4.79 Å². The number of rotatable bonds is 4. The summed E-state index contributed by atoms with van der Waals surface area (Å²) in [5, 5.41) is 14.7. The molecule has 2 heterocycles. The summed E-state index contributed by atoms with van der Waals surface area (Å²) >= 11 is 1.15. The first-order valence-corrected chi connectivity index (χ1v) is 7.23. The van der Waals surface area contributed by atoms with Gasteiger partial charge in [0.25, 0.3) is 0 Å². The van der Waals surface area contributed by atoms with Crippen molar-refractivity contribution in [2.75, 3.05) is 5.75 Å². The Kier molecular flexibility index (Phi) is 3.57. The van der Waals surface area contributed by atoms with E-state index in [0.717, 1.165) is 28.2 Å². The van der Waals surface area contributed by atoms with Gasteiger partial charge in [0.15, 0.2) is 11.0 Å². The maximum absolute atomic E-state index is 10.6. The Morgan fingerprint density at radius 1 is 1.33 bits per heavy atom. The van der Waals surface area contributed by atoms with Gasteiger partial charge in [-0.1, -0.05) is 30.0 Å². The monoisotopic (exact) mass is 300 g/mol. The summed E-state index contributed by atoms with van der Waals surface area (Å²) in [4.78, 5) is 19.4. The van der Waals surface area contributed by atoms with Crippen LogP contribution in [0.1, 0.15) is 0 Å². The molecule has 0 radical (unpaired) electrons. The van der Waals surface area contributed by atoms with Gasteiger partial charge >= 0.3 is 5.97 Å². The zero-order chi connectivity index (χ0) is 14.8. The molecule has 1 N–H and O–H groups in total. The van der Waals surface area contributed by atoms with Crippen LogP contribution in [0.15, 0.2) is 41.7 Å². The lowest BCUT2D eigenvalue weighted by atomic mass is 10.1. The van der Waals surface area contributed by atoms with Gasteiger partial charge in [0.1, 0.15) is 0 Å². The SMILES string of the molecule is Cn1nc(-c2ccnc3ccccc23)nc1SCC(=O)O. The van der Waals surface area contributed by atoms with Crippen LogP contribution in [0.5, 0.6) is 0 Å². The van der Waals surface area contributed by atoms with Crippen LogP contribution < -0.4 is 0 Å². The van der Waals surface area contributed by atoms with Gasteiger partial charge in [0.05, 0.1) is 11.3 Å². The molecule has 21 heavy (non-hydrogen) atoms. The molecule has 0 aliphatic carbocycles. The summed E-state index contributed by atoms with van der Waals surface area (Å²) in [6.07, 6.45) is 1.72. The molecule has 2 aromatic heterocycles. The number of aromatic nitrogens is 4. The van der Waals surface area contributed by atoms with E-state index in [0.29, 0.717) is 11.0 Å². The Balaban J connectivity index is 2.03. The molecule has 0 saturated carbocycles. The number of fused-ring (bicyclic) bond motifs is 1. The highest BCUT2D eigenvalue weighted by molar-refractivity contribution is 7.99. The lowest BCUT2D eigenvalue weighted by Gasteiger charge is -2.01. The second-order valence-electron chi connectivity index (χ2n) is 4.40. The Hall–Kier alpha value is -2.41. The number of carbonyl (C=O) groups is 1. The van der Waals surface area contributed by atoms with Crippen LogP contribution in [-0.2, 0) is 11.8 Å². The van der Waals surface area contributed by atoms with Gasteiger partial charge in [-0.2, -0.15) is 5.10 Å². The summed E-state index contributed by atoms with van der Waals surface area (Å²) in [6.45, 7) is 0. The first kappa shape index (κ1) is 13.6. The molecule has 3 rings (SSSR count). The molecule has 0 fully saturated rings. The fourth-order valence-electron chi connectivity index (χ4n) is 2.03. The van der Waals surface area contributed by atoms with E-state index in [1.54, 1.807) is 17.9 Å². The minimum Gasteiger partial charge on any atom is -0.481 e. The van der Waals surface area contributed by atoms with Crippen LogP contribution in [0.3, 0.4) is 0 Å². The predicted octanol–water partition coefficient (Wildman–Crippen LogP) is 2.21. The average molecular weight is 300 g/mol. The van der Waals surface area contributed by atoms with E-state index >= 15 is 0 Å². The van der Waals surface area contributed by atoms with Crippen molar-refractivity contribution in [3.05, 3.63) is 36.5 Å². The molecule has 0 spiro atoms. The van der Waals surface area contributed by atoms with E-state index in [4.69, 9.17) is 5.11 Å². The lowest BCUT2D eigenvalue weighted by molar-refractivity contribution is -0.133. The number of aryl methyl sites for hydroxylation is 1. The van der Waals surface area contributed by atoms with Crippen LogP contribution in [0.4, 0.5) is 0 Å². The van der Waals surface area contributed by atoms with Crippen LogP contribution in [0.25, 0.3) is 22.3 Å². The number of pyridine rings is 1. The number of hydrogen-bond acceptors (Lipinski definition) is 5. The molecule has 6 nitrogen and oxygen atoms in total. The number of para-hydroxylation sites is 1. The minimum absolute atomic E-state index is 0.0386. The molecule has 0 bridgehead atoms. The van der Waals surface area contributed by atoms with Crippen molar-refractivity contribution in [3.8, 4) is 11.4 Å². The summed E-state index contributed by atoms with van der Waals surface area (Å²) < 4.78 is 1.60. The highest BCUT2D eigenvalue weighted by atomic mass is 32.2. The molecule has 0 atom stereocenters. The first-order chi connectivity index (χ1) is 10.1. The van der Waals surface area contributed by atoms with Crippen LogP contribution >= 0.6 is 11.8 Å². The summed E-state index contributed by atoms with van der Waals surface area (Å²) in [6, 6.07) is 9.64. The molecule has 3 aromatic rings. The molecule has 0 aliphatic rings. The number of benzene rings is 1. The third-order valence-electron chi connectivity index (χ3n) is 2.94. The molecule has 0 saturated heterocycles. The second kappa shape index (κ2) is 5.53. The van der Waals surface area contributed by atoms with Gasteiger partial charge in [0.2, 0.25) is 0 Å². The largest absolute Gasteiger partial charge is 0.481 e. The lowest BCUT2D eigenvalue weighted by Crippen LogP contribution is -2.00. The number of nitrogens with zero attached hydrogens (tertiary/aromatic N) is 4. The van der Waals surface area contributed by atoms with Gasteiger partial charge in [-0.05, 0) is 12.1 Å². The fraction of sp³-hybridized carbons (Fsp3) is 0.143. The maximum atomic E-state index is 10.6. The first-order valence-electron chi connectivity index (χ1n) is 6.25. The third kappa shape index (κ3) is 2.73. The molecule has 0 amide bonds. The van der Waals surface area contributed by atoms with Gasteiger partial charge in [-0.25, -0.2) is 9.67 Å². The van der Waals surface area contributed by atoms with Gasteiger partial charge < -0.3 is 5.11 Å². The maximum Gasteiger partial charge on any atom is 0.313 e. The third-order valence-corrected chi connectivity index (χ3v) is 3.94. The predicted molar refractivity (Wildman–Crippen MR) is 80.1 cm³/mol. The fourth-order valence-corrected chi connectivity index (χ4v) is 2.66. The van der Waals surface area contributed by atoms with Crippen molar-refractivity contribution < 1.29 is 9.90 Å². The molecule has 106 valence electrons. The van der Waals surface area contributed by atoms with Crippen molar-refractivity contribution in [2.24, 2.45) is 7.05 Å². The normalized spacial score (nSPS) is 10.9. The van der Waals surface area contributed by atoms with E-state index in [-0.39, 0.29) is 5.75 Å². The number of thioether (sulfide) groups is 1. The van der Waals surface area contributed by atoms with Gasteiger partial charge in [0, 0.05) is 24.2 Å². The molecule has 1 aromatic carbocycles. The molecule has 0 aliphatic heterocycles. The van der Waals surface area contributed by atoms with E-state index in [1.807, 2.05) is 30.3 Å². The molecule has 7 heteroatoms. The molecular weight excluding hydrogens is 288 g/mol. The van der Waals surface area contributed by atoms with E-state index in [1.165, 1.54) is 0 Å². The number of carboxylic acid groups (broad SMARTS) is 1. The summed E-state index contributed by atoms with van der Waals surface area (Å²) in [5.74, 6) is -0.341. The van der Waals surface area contributed by atoms with Crippen molar-refractivity contribution in [1.29, 1.82) is 0 Å². The topological polar surface area (TPSA) is 80.9 Å². The Labute approximate surface area is 124 Å². The van der Waals surface area contributed by atoms with E-state index in [2.05, 4.69) is 15.1 Å². The number of carboxylic acids is 1. The minimum atomic E-state index is -0.876. The summed E-state index contributed by atoms with van der Waals surface area (Å²) in [5.41, 5.74) is 1.76. The van der Waals surface area contributed by atoms with Gasteiger partial charge in [-0.15, -0.1) is 0 Å². The zero-order valence-corrected chi connectivity index (χ0v) is 12.0. The molecule has 0 unspecified atom stereocenters. The summed E-state index contributed by atoms with van der Waals surface area (Å²) in [7, 11) is 1.75. The highest BCUT2D eigenvalue weighted by Gasteiger charge is 2.13. The van der Waals surface area contributed by atoms with Crippen molar-refractivity contribution in [3.63, 3.8) is 0 Å². The smallest absolute Gasteiger partial charge is 0.313 e. The second-order valence-corrected chi connectivity index (χ2v) is 5.34. The Bertz CT molecular complexity index is 810. The number of aliphatic carboxylic acids is 1. The van der Waals surface area contributed by atoms with Crippen LogP contribution in [-0.4, -0.2) is 36.6 Å². The standard InChI is InChI=1S/C14H12N4O2S/c1-18-14(21-8-12(19)20)16-13(17-18)10-6-7-15-11-5-3-2-4-9(10)11/h2-7H,8H2,1H3,(H,19,20). The molecular formula is C14H12N4O2S. The zero-order valence-electron chi connectivity index (χ0n) is 11.2. The van der Waals surface area contributed by atoms with Crippen LogP contribution in [0, 0.1) is 0 Å². The van der Waals surface area contributed by atoms with Crippen molar-refractivity contribution in [2.45, 2.75) is 5.16 Å². The Morgan fingerprint density at radius 2 is 2.14 bits per heavy atom. The Morgan fingerprint density at radius 3 is 2.95 bits per heavy atom. The number of hydrogen-bond donors (Lipinski definition) is 1. The van der Waals surface area contributed by atoms with E-state index < -0.39 is 5.97 Å². The average Bonchev–Trinajstić information content (AvgIpc) is 2.85. The quantitative estimate of drug-likeness (QED) is 0.744. The van der Waals surface area contributed by atoms with Crippen LogP contribution in [0.2, 0.25) is 0 Å². The van der Waals surface area contributed by atoms with Crippen molar-refractivity contribution in [1.82, 2.24) is 19.7 Å². The van der Waals surface area contributed by atoms with Gasteiger partial charge in [-0.3, -0.25) is 9.78 Å². The van der Waals surface area contributed by atoms with Crippen molar-refractivity contribution >= 4 is 28.6 Å².